The second-order valence-corrected chi connectivity index (χ2v) is 6.23. The van der Waals surface area contributed by atoms with Crippen LogP contribution in [0.4, 0.5) is 4.39 Å². The van der Waals surface area contributed by atoms with Crippen molar-refractivity contribution in [3.63, 3.8) is 0 Å². The highest BCUT2D eigenvalue weighted by Gasteiger charge is 2.32. The Kier molecular flexibility index (Phi) is 9.59. The topological polar surface area (TPSA) is 55.3 Å². The summed E-state index contributed by atoms with van der Waals surface area (Å²) in [6.45, 7) is 2.59. The Bertz CT molecular complexity index is 595. The molecule has 1 aromatic carbocycles. The molecule has 1 aliphatic rings. The number of ether oxygens (including phenoxy) is 3. The van der Waals surface area contributed by atoms with E-state index in [-0.39, 0.29) is 41.1 Å². The van der Waals surface area contributed by atoms with Crippen LogP contribution in [0.2, 0.25) is 0 Å². The van der Waals surface area contributed by atoms with Crippen LogP contribution in [0.1, 0.15) is 18.4 Å². The number of hydrogen-bond donors (Lipinski definition) is 1. The van der Waals surface area contributed by atoms with Gasteiger partial charge in [0.2, 0.25) is 0 Å². The quantitative estimate of drug-likeness (QED) is 0.385. The van der Waals surface area contributed by atoms with Gasteiger partial charge < -0.3 is 24.4 Å². The molecular weight excluding hydrogens is 452 g/mol. The van der Waals surface area contributed by atoms with Crippen LogP contribution in [0.15, 0.2) is 23.2 Å². The van der Waals surface area contributed by atoms with Gasteiger partial charge in [-0.25, -0.2) is 4.39 Å². The molecule has 0 amide bonds. The summed E-state index contributed by atoms with van der Waals surface area (Å²) < 4.78 is 30.0. The van der Waals surface area contributed by atoms with Crippen LogP contribution in [0.25, 0.3) is 0 Å². The summed E-state index contributed by atoms with van der Waals surface area (Å²) in [5.74, 6) is 0.617. The maximum Gasteiger partial charge on any atom is 0.193 e. The maximum absolute atomic E-state index is 13.9. The number of methoxy groups -OCH3 is 2. The Hall–Kier alpha value is -1.13. The minimum atomic E-state index is -0.364. The fourth-order valence-electron chi connectivity index (χ4n) is 2.98. The first-order chi connectivity index (χ1) is 12.0. The monoisotopic (exact) mass is 481 g/mol. The van der Waals surface area contributed by atoms with Crippen molar-refractivity contribution in [3.8, 4) is 5.75 Å². The maximum atomic E-state index is 13.9. The molecule has 2 rings (SSSR count). The Labute approximate surface area is 172 Å². The van der Waals surface area contributed by atoms with Crippen molar-refractivity contribution < 1.29 is 18.6 Å². The zero-order chi connectivity index (χ0) is 18.3. The molecule has 0 aromatic heterocycles. The highest BCUT2D eigenvalue weighted by molar-refractivity contribution is 14.0. The van der Waals surface area contributed by atoms with E-state index in [1.54, 1.807) is 20.2 Å². The summed E-state index contributed by atoms with van der Waals surface area (Å²) >= 11 is 0. The zero-order valence-corrected chi connectivity index (χ0v) is 18.2. The van der Waals surface area contributed by atoms with Gasteiger partial charge in [-0.05, 0) is 17.7 Å². The minimum absolute atomic E-state index is 0. The van der Waals surface area contributed by atoms with Gasteiger partial charge in [-0.1, -0.05) is 6.07 Å². The molecule has 1 N–H and O–H groups in total. The molecular formula is C18H29FIN3O3. The molecule has 0 atom stereocenters. The van der Waals surface area contributed by atoms with Gasteiger partial charge in [-0.15, -0.1) is 24.0 Å². The molecule has 1 aliphatic heterocycles. The fourth-order valence-corrected chi connectivity index (χ4v) is 2.98. The van der Waals surface area contributed by atoms with Gasteiger partial charge >= 0.3 is 0 Å². The first-order valence-corrected chi connectivity index (χ1v) is 8.40. The standard InChI is InChI=1S/C18H28FN3O3.HI/c1-20-17(21-13-18(24-4)7-9-25-10-8-18)22(2)12-14-5-6-16(23-3)15(19)11-14;/h5-6,11H,7-10,12-13H2,1-4H3,(H,20,21);1H. The third-order valence-corrected chi connectivity index (χ3v) is 4.62. The van der Waals surface area contributed by atoms with E-state index >= 15 is 0 Å². The van der Waals surface area contributed by atoms with Crippen LogP contribution < -0.4 is 10.1 Å². The Morgan fingerprint density at radius 2 is 2.04 bits per heavy atom. The van der Waals surface area contributed by atoms with Gasteiger partial charge in [0.15, 0.2) is 17.5 Å². The van der Waals surface area contributed by atoms with Gasteiger partial charge in [-0.3, -0.25) is 4.99 Å². The van der Waals surface area contributed by atoms with Crippen molar-refractivity contribution in [2.75, 3.05) is 48.1 Å². The normalized spacial score (nSPS) is 16.6. The molecule has 26 heavy (non-hydrogen) atoms. The lowest BCUT2D eigenvalue weighted by Gasteiger charge is -2.37. The summed E-state index contributed by atoms with van der Waals surface area (Å²) in [6, 6.07) is 4.97. The van der Waals surface area contributed by atoms with E-state index in [0.717, 1.165) is 24.4 Å². The Balaban J connectivity index is 0.00000338. The van der Waals surface area contributed by atoms with Crippen LogP contribution in [0.5, 0.6) is 5.75 Å². The molecule has 0 spiro atoms. The molecule has 148 valence electrons. The number of halogens is 2. The third-order valence-electron chi connectivity index (χ3n) is 4.62. The SMILES string of the molecule is CN=C(NCC1(OC)CCOCC1)N(C)Cc1ccc(OC)c(F)c1.I. The van der Waals surface area contributed by atoms with E-state index in [1.807, 2.05) is 18.0 Å². The summed E-state index contributed by atoms with van der Waals surface area (Å²) in [5, 5.41) is 3.37. The van der Waals surface area contributed by atoms with Crippen LogP contribution in [0, 0.1) is 5.82 Å². The lowest BCUT2D eigenvalue weighted by Crippen LogP contribution is -2.50. The Morgan fingerprint density at radius 1 is 1.35 bits per heavy atom. The van der Waals surface area contributed by atoms with Crippen LogP contribution in [0.3, 0.4) is 0 Å². The summed E-state index contributed by atoms with van der Waals surface area (Å²) in [6.07, 6.45) is 1.70. The summed E-state index contributed by atoms with van der Waals surface area (Å²) in [4.78, 5) is 6.26. The van der Waals surface area contributed by atoms with E-state index in [0.29, 0.717) is 26.3 Å². The Morgan fingerprint density at radius 3 is 2.58 bits per heavy atom. The van der Waals surface area contributed by atoms with Gasteiger partial charge in [0.25, 0.3) is 0 Å². The van der Waals surface area contributed by atoms with E-state index in [4.69, 9.17) is 14.2 Å². The van der Waals surface area contributed by atoms with Crippen molar-refractivity contribution in [2.45, 2.75) is 25.0 Å². The van der Waals surface area contributed by atoms with E-state index in [2.05, 4.69) is 10.3 Å². The molecule has 1 saturated heterocycles. The van der Waals surface area contributed by atoms with E-state index < -0.39 is 0 Å². The third kappa shape index (κ3) is 5.95. The predicted octanol–water partition coefficient (Wildman–Crippen LogP) is 2.66. The van der Waals surface area contributed by atoms with Gasteiger partial charge in [0.05, 0.1) is 12.7 Å². The highest BCUT2D eigenvalue weighted by Crippen LogP contribution is 2.23. The van der Waals surface area contributed by atoms with Crippen LogP contribution >= 0.6 is 24.0 Å². The summed E-state index contributed by atoms with van der Waals surface area (Å²) in [7, 11) is 6.84. The lowest BCUT2D eigenvalue weighted by atomic mass is 9.94. The average Bonchev–Trinajstić information content (AvgIpc) is 2.63. The first kappa shape index (κ1) is 22.9. The number of rotatable bonds is 6. The molecule has 0 radical (unpaired) electrons. The van der Waals surface area contributed by atoms with Crippen molar-refractivity contribution in [1.29, 1.82) is 0 Å². The molecule has 0 bridgehead atoms. The number of nitrogens with zero attached hydrogens (tertiary/aromatic N) is 2. The smallest absolute Gasteiger partial charge is 0.193 e. The number of hydrogen-bond acceptors (Lipinski definition) is 4. The molecule has 1 aromatic rings. The van der Waals surface area contributed by atoms with Crippen molar-refractivity contribution in [1.82, 2.24) is 10.2 Å². The summed E-state index contributed by atoms with van der Waals surface area (Å²) in [5.41, 5.74) is 0.609. The lowest BCUT2D eigenvalue weighted by molar-refractivity contribution is -0.0857. The second-order valence-electron chi connectivity index (χ2n) is 6.23. The molecule has 8 heteroatoms. The highest BCUT2D eigenvalue weighted by atomic mass is 127. The van der Waals surface area contributed by atoms with Gasteiger partial charge in [-0.2, -0.15) is 0 Å². The number of guanidine groups is 1. The van der Waals surface area contributed by atoms with Crippen molar-refractivity contribution in [3.05, 3.63) is 29.6 Å². The molecule has 1 heterocycles. The van der Waals surface area contributed by atoms with Crippen molar-refractivity contribution in [2.24, 2.45) is 4.99 Å². The van der Waals surface area contributed by atoms with Crippen LogP contribution in [-0.4, -0.2) is 64.5 Å². The molecule has 0 saturated carbocycles. The fraction of sp³-hybridized carbons (Fsp3) is 0.611. The largest absolute Gasteiger partial charge is 0.494 e. The number of nitrogens with one attached hydrogen (secondary N) is 1. The van der Waals surface area contributed by atoms with Gasteiger partial charge in [0, 0.05) is 60.4 Å². The predicted molar refractivity (Wildman–Crippen MR) is 111 cm³/mol. The second kappa shape index (κ2) is 10.9. The number of aliphatic imine (C=N–C) groups is 1. The minimum Gasteiger partial charge on any atom is -0.494 e. The van der Waals surface area contributed by atoms with E-state index in [1.165, 1.54) is 13.2 Å². The zero-order valence-electron chi connectivity index (χ0n) is 15.9. The van der Waals surface area contributed by atoms with Crippen molar-refractivity contribution >= 4 is 29.9 Å². The molecule has 0 aliphatic carbocycles. The molecule has 6 nitrogen and oxygen atoms in total. The van der Waals surface area contributed by atoms with Crippen LogP contribution in [-0.2, 0) is 16.0 Å². The molecule has 0 unspecified atom stereocenters. The molecule has 1 fully saturated rings. The van der Waals surface area contributed by atoms with Gasteiger partial charge in [0.1, 0.15) is 0 Å². The van der Waals surface area contributed by atoms with E-state index in [9.17, 15) is 4.39 Å². The number of benzene rings is 1. The first-order valence-electron chi connectivity index (χ1n) is 8.40. The average molecular weight is 481 g/mol.